The number of Topliss-reactive ketones (excluding diaryl/α,β-unsaturated/α-hetero) is 1. The predicted octanol–water partition coefficient (Wildman–Crippen LogP) is 1.26. The predicted molar refractivity (Wildman–Crippen MR) is 54.2 cm³/mol. The third kappa shape index (κ3) is 1.99. The lowest BCUT2D eigenvalue weighted by molar-refractivity contribution is 0.0899. The molecular formula is C11H14N2O. The van der Waals surface area contributed by atoms with Gasteiger partial charge in [-0.15, -0.1) is 0 Å². The normalized spacial score (nSPS) is 21.9. The minimum absolute atomic E-state index is 0.158. The standard InChI is InChI=1S/C11H14N2O/c14-11(9-3-6-12-7-4-9)10-2-1-5-13-8-10/h3-4,6-7,10,13H,1-2,5,8H2/t10-/m0/s1. The summed E-state index contributed by atoms with van der Waals surface area (Å²) in [5.41, 5.74) is 0.786. The molecule has 1 aliphatic heterocycles. The molecule has 0 aromatic carbocycles. The van der Waals surface area contributed by atoms with Gasteiger partial charge < -0.3 is 5.32 Å². The molecule has 0 amide bonds. The molecule has 0 aliphatic carbocycles. The van der Waals surface area contributed by atoms with E-state index in [1.165, 1.54) is 0 Å². The van der Waals surface area contributed by atoms with Gasteiger partial charge in [-0.1, -0.05) is 0 Å². The van der Waals surface area contributed by atoms with Crippen molar-refractivity contribution < 1.29 is 4.79 Å². The van der Waals surface area contributed by atoms with Gasteiger partial charge in [-0.05, 0) is 31.5 Å². The van der Waals surface area contributed by atoms with Crippen LogP contribution in [0.3, 0.4) is 0 Å². The molecule has 2 heterocycles. The Bertz CT molecular complexity index is 304. The molecule has 1 N–H and O–H groups in total. The topological polar surface area (TPSA) is 42.0 Å². The van der Waals surface area contributed by atoms with Gasteiger partial charge in [-0.2, -0.15) is 0 Å². The molecule has 1 atom stereocenters. The van der Waals surface area contributed by atoms with Crippen LogP contribution in [0.25, 0.3) is 0 Å². The monoisotopic (exact) mass is 190 g/mol. The fourth-order valence-electron chi connectivity index (χ4n) is 1.83. The molecule has 1 aromatic heterocycles. The first-order valence-corrected chi connectivity index (χ1v) is 5.03. The molecule has 0 unspecified atom stereocenters. The molecule has 1 fully saturated rings. The number of rotatable bonds is 2. The number of hydrogen-bond donors (Lipinski definition) is 1. The van der Waals surface area contributed by atoms with E-state index in [-0.39, 0.29) is 11.7 Å². The van der Waals surface area contributed by atoms with E-state index in [1.54, 1.807) is 24.5 Å². The van der Waals surface area contributed by atoms with Crippen LogP contribution in [0.2, 0.25) is 0 Å². The minimum atomic E-state index is 0.158. The first kappa shape index (κ1) is 9.34. The number of hydrogen-bond acceptors (Lipinski definition) is 3. The first-order chi connectivity index (χ1) is 6.88. The van der Waals surface area contributed by atoms with Crippen molar-refractivity contribution in [3.63, 3.8) is 0 Å². The highest BCUT2D eigenvalue weighted by Crippen LogP contribution is 2.15. The number of carbonyl (C=O) groups is 1. The quantitative estimate of drug-likeness (QED) is 0.714. The van der Waals surface area contributed by atoms with Crippen molar-refractivity contribution in [3.05, 3.63) is 30.1 Å². The van der Waals surface area contributed by atoms with Crippen LogP contribution in [0, 0.1) is 5.92 Å². The van der Waals surface area contributed by atoms with E-state index in [2.05, 4.69) is 10.3 Å². The number of ketones is 1. The molecular weight excluding hydrogens is 176 g/mol. The van der Waals surface area contributed by atoms with Crippen LogP contribution in [0.1, 0.15) is 23.2 Å². The highest BCUT2D eigenvalue weighted by Gasteiger charge is 2.21. The van der Waals surface area contributed by atoms with Gasteiger partial charge in [0.05, 0.1) is 0 Å². The van der Waals surface area contributed by atoms with Crippen molar-refractivity contribution in [2.45, 2.75) is 12.8 Å². The second-order valence-corrected chi connectivity index (χ2v) is 3.64. The van der Waals surface area contributed by atoms with Gasteiger partial charge in [0.2, 0.25) is 0 Å². The Morgan fingerprint density at radius 3 is 2.86 bits per heavy atom. The molecule has 1 aromatic rings. The largest absolute Gasteiger partial charge is 0.316 e. The summed E-state index contributed by atoms with van der Waals surface area (Å²) in [4.78, 5) is 15.8. The van der Waals surface area contributed by atoms with Gasteiger partial charge in [0.15, 0.2) is 5.78 Å². The zero-order chi connectivity index (χ0) is 9.80. The SMILES string of the molecule is O=C(c1ccncc1)[C@H]1CCCNC1. The van der Waals surface area contributed by atoms with E-state index in [0.717, 1.165) is 31.5 Å². The van der Waals surface area contributed by atoms with E-state index < -0.39 is 0 Å². The lowest BCUT2D eigenvalue weighted by Gasteiger charge is -2.21. The molecule has 1 aliphatic rings. The Hall–Kier alpha value is -1.22. The zero-order valence-corrected chi connectivity index (χ0v) is 8.07. The molecule has 0 spiro atoms. The van der Waals surface area contributed by atoms with Gasteiger partial charge in [0.25, 0.3) is 0 Å². The molecule has 74 valence electrons. The fraction of sp³-hybridized carbons (Fsp3) is 0.455. The van der Waals surface area contributed by atoms with Crippen molar-refractivity contribution in [1.29, 1.82) is 0 Å². The maximum atomic E-state index is 11.9. The van der Waals surface area contributed by atoms with Crippen LogP contribution in [-0.4, -0.2) is 23.9 Å². The van der Waals surface area contributed by atoms with Gasteiger partial charge in [0.1, 0.15) is 0 Å². The van der Waals surface area contributed by atoms with Gasteiger partial charge >= 0.3 is 0 Å². The molecule has 3 nitrogen and oxygen atoms in total. The summed E-state index contributed by atoms with van der Waals surface area (Å²) in [6.07, 6.45) is 5.45. The van der Waals surface area contributed by atoms with E-state index in [4.69, 9.17) is 0 Å². The number of carbonyl (C=O) groups excluding carboxylic acids is 1. The first-order valence-electron chi connectivity index (χ1n) is 5.03. The Kier molecular flexibility index (Phi) is 2.89. The summed E-state index contributed by atoms with van der Waals surface area (Å²) in [6.45, 7) is 1.86. The third-order valence-electron chi connectivity index (χ3n) is 2.63. The van der Waals surface area contributed by atoms with Crippen LogP contribution in [0.5, 0.6) is 0 Å². The van der Waals surface area contributed by atoms with Crippen molar-refractivity contribution >= 4 is 5.78 Å². The molecule has 3 heteroatoms. The number of nitrogens with zero attached hydrogens (tertiary/aromatic N) is 1. The summed E-state index contributed by atoms with van der Waals surface area (Å²) >= 11 is 0. The van der Waals surface area contributed by atoms with Crippen LogP contribution in [0.15, 0.2) is 24.5 Å². The van der Waals surface area contributed by atoms with Crippen molar-refractivity contribution in [1.82, 2.24) is 10.3 Å². The highest BCUT2D eigenvalue weighted by atomic mass is 16.1. The molecule has 2 rings (SSSR count). The Morgan fingerprint density at radius 1 is 1.43 bits per heavy atom. The lowest BCUT2D eigenvalue weighted by atomic mass is 9.91. The summed E-state index contributed by atoms with van der Waals surface area (Å²) in [6, 6.07) is 3.58. The van der Waals surface area contributed by atoms with E-state index in [1.807, 2.05) is 0 Å². The van der Waals surface area contributed by atoms with Crippen molar-refractivity contribution in [2.75, 3.05) is 13.1 Å². The maximum absolute atomic E-state index is 11.9. The highest BCUT2D eigenvalue weighted by molar-refractivity contribution is 5.97. The van der Waals surface area contributed by atoms with Crippen LogP contribution in [0.4, 0.5) is 0 Å². The van der Waals surface area contributed by atoms with E-state index in [9.17, 15) is 4.79 Å². The van der Waals surface area contributed by atoms with E-state index >= 15 is 0 Å². The number of aromatic nitrogens is 1. The molecule has 1 saturated heterocycles. The average molecular weight is 190 g/mol. The number of piperidine rings is 1. The average Bonchev–Trinajstić information content (AvgIpc) is 2.30. The second kappa shape index (κ2) is 4.33. The maximum Gasteiger partial charge on any atom is 0.167 e. The van der Waals surface area contributed by atoms with Gasteiger partial charge in [0, 0.05) is 30.4 Å². The summed E-state index contributed by atoms with van der Waals surface area (Å²) in [7, 11) is 0. The fourth-order valence-corrected chi connectivity index (χ4v) is 1.83. The summed E-state index contributed by atoms with van der Waals surface area (Å²) < 4.78 is 0. The van der Waals surface area contributed by atoms with E-state index in [0.29, 0.717) is 0 Å². The summed E-state index contributed by atoms with van der Waals surface area (Å²) in [5.74, 6) is 0.408. The Labute approximate surface area is 83.5 Å². The van der Waals surface area contributed by atoms with Gasteiger partial charge in [-0.3, -0.25) is 9.78 Å². The molecule has 0 bridgehead atoms. The zero-order valence-electron chi connectivity index (χ0n) is 8.07. The number of nitrogens with one attached hydrogen (secondary N) is 1. The lowest BCUT2D eigenvalue weighted by Crippen LogP contribution is -2.34. The van der Waals surface area contributed by atoms with Gasteiger partial charge in [-0.25, -0.2) is 0 Å². The molecule has 0 radical (unpaired) electrons. The van der Waals surface area contributed by atoms with Crippen LogP contribution in [-0.2, 0) is 0 Å². The smallest absolute Gasteiger partial charge is 0.167 e. The minimum Gasteiger partial charge on any atom is -0.316 e. The summed E-state index contributed by atoms with van der Waals surface area (Å²) in [5, 5.41) is 3.25. The second-order valence-electron chi connectivity index (χ2n) is 3.64. The Morgan fingerprint density at radius 2 is 2.21 bits per heavy atom. The molecule has 0 saturated carbocycles. The number of pyridine rings is 1. The van der Waals surface area contributed by atoms with Crippen molar-refractivity contribution in [2.24, 2.45) is 5.92 Å². The van der Waals surface area contributed by atoms with Crippen LogP contribution >= 0.6 is 0 Å². The van der Waals surface area contributed by atoms with Crippen LogP contribution < -0.4 is 5.32 Å². The third-order valence-corrected chi connectivity index (χ3v) is 2.63. The Balaban J connectivity index is 2.07. The van der Waals surface area contributed by atoms with Crippen molar-refractivity contribution in [3.8, 4) is 0 Å². The molecule has 14 heavy (non-hydrogen) atoms.